The maximum absolute atomic E-state index is 12.4. The summed E-state index contributed by atoms with van der Waals surface area (Å²) in [6.07, 6.45) is 1.04. The molecule has 0 radical (unpaired) electrons. The number of nitrogens with zero attached hydrogens (tertiary/aromatic N) is 3. The van der Waals surface area contributed by atoms with Crippen LogP contribution in [0, 0.1) is 5.92 Å². The zero-order valence-electron chi connectivity index (χ0n) is 11.3. The number of rotatable bonds is 2. The largest absolute Gasteiger partial charge is 0.340 e. The molecule has 1 atom stereocenters. The fraction of sp³-hybridized carbons (Fsp3) is 0.923. The van der Waals surface area contributed by atoms with Gasteiger partial charge in [0, 0.05) is 51.9 Å². The SMILES string of the molecule is CN1CCC(C(=O)N2CCN(C3CNC3)CC2)C1. The molecule has 1 unspecified atom stereocenters. The van der Waals surface area contributed by atoms with Gasteiger partial charge in [0.2, 0.25) is 5.91 Å². The summed E-state index contributed by atoms with van der Waals surface area (Å²) in [5.41, 5.74) is 0. The van der Waals surface area contributed by atoms with E-state index in [1.165, 1.54) is 0 Å². The Morgan fingerprint density at radius 2 is 1.83 bits per heavy atom. The van der Waals surface area contributed by atoms with E-state index in [9.17, 15) is 4.79 Å². The molecule has 0 aliphatic carbocycles. The number of amides is 1. The maximum atomic E-state index is 12.4. The van der Waals surface area contributed by atoms with Crippen LogP contribution in [0.5, 0.6) is 0 Å². The van der Waals surface area contributed by atoms with Crippen LogP contribution in [0.2, 0.25) is 0 Å². The summed E-state index contributed by atoms with van der Waals surface area (Å²) in [7, 11) is 2.11. The van der Waals surface area contributed by atoms with Crippen LogP contribution < -0.4 is 5.32 Å². The topological polar surface area (TPSA) is 38.8 Å². The lowest BCUT2D eigenvalue weighted by molar-refractivity contribution is -0.137. The number of nitrogens with one attached hydrogen (secondary N) is 1. The molecule has 0 spiro atoms. The molecule has 0 aromatic rings. The second-order valence-corrected chi connectivity index (χ2v) is 5.92. The number of carbonyl (C=O) groups is 1. The smallest absolute Gasteiger partial charge is 0.227 e. The number of hydrogen-bond donors (Lipinski definition) is 1. The molecular formula is C13H24N4O. The summed E-state index contributed by atoms with van der Waals surface area (Å²) >= 11 is 0. The highest BCUT2D eigenvalue weighted by atomic mass is 16.2. The zero-order chi connectivity index (χ0) is 12.5. The number of piperazine rings is 1. The van der Waals surface area contributed by atoms with Gasteiger partial charge in [0.05, 0.1) is 5.92 Å². The minimum atomic E-state index is 0.256. The van der Waals surface area contributed by atoms with Crippen LogP contribution in [0.1, 0.15) is 6.42 Å². The van der Waals surface area contributed by atoms with Crippen molar-refractivity contribution in [2.75, 3.05) is 59.4 Å². The van der Waals surface area contributed by atoms with Gasteiger partial charge < -0.3 is 15.1 Å². The van der Waals surface area contributed by atoms with Crippen LogP contribution in [0.4, 0.5) is 0 Å². The second-order valence-electron chi connectivity index (χ2n) is 5.92. The van der Waals surface area contributed by atoms with E-state index in [1.807, 2.05) is 0 Å². The molecule has 3 saturated heterocycles. The number of likely N-dealkylation sites (tertiary alicyclic amines) is 1. The van der Waals surface area contributed by atoms with Crippen molar-refractivity contribution in [1.29, 1.82) is 0 Å². The van der Waals surface area contributed by atoms with Crippen LogP contribution in [-0.4, -0.2) is 86.1 Å². The van der Waals surface area contributed by atoms with Crippen molar-refractivity contribution < 1.29 is 4.79 Å². The van der Waals surface area contributed by atoms with Gasteiger partial charge in [0.1, 0.15) is 0 Å². The average Bonchev–Trinajstić information content (AvgIpc) is 2.74. The molecule has 0 aromatic heterocycles. The van der Waals surface area contributed by atoms with Crippen LogP contribution in [-0.2, 0) is 4.79 Å². The van der Waals surface area contributed by atoms with E-state index in [0.717, 1.165) is 64.8 Å². The Morgan fingerprint density at radius 3 is 2.33 bits per heavy atom. The van der Waals surface area contributed by atoms with Gasteiger partial charge in [0.15, 0.2) is 0 Å². The molecule has 3 aliphatic heterocycles. The highest BCUT2D eigenvalue weighted by Crippen LogP contribution is 2.19. The molecule has 0 saturated carbocycles. The molecule has 3 heterocycles. The molecule has 0 bridgehead atoms. The van der Waals surface area contributed by atoms with Crippen molar-refractivity contribution in [2.24, 2.45) is 5.92 Å². The predicted octanol–water partition coefficient (Wildman–Crippen LogP) is -0.946. The van der Waals surface area contributed by atoms with Gasteiger partial charge in [-0.1, -0.05) is 0 Å². The predicted molar refractivity (Wildman–Crippen MR) is 70.4 cm³/mol. The molecule has 1 amide bonds. The van der Waals surface area contributed by atoms with Gasteiger partial charge in [-0.15, -0.1) is 0 Å². The van der Waals surface area contributed by atoms with E-state index in [4.69, 9.17) is 0 Å². The van der Waals surface area contributed by atoms with Gasteiger partial charge >= 0.3 is 0 Å². The van der Waals surface area contributed by atoms with Crippen LogP contribution >= 0.6 is 0 Å². The minimum absolute atomic E-state index is 0.256. The standard InChI is InChI=1S/C13H24N4O/c1-15-3-2-11(10-15)13(18)17-6-4-16(5-7-17)12-8-14-9-12/h11-12,14H,2-10H2,1H3. The van der Waals surface area contributed by atoms with E-state index in [-0.39, 0.29) is 5.92 Å². The molecule has 102 valence electrons. The molecule has 1 N–H and O–H groups in total. The Labute approximate surface area is 109 Å². The monoisotopic (exact) mass is 252 g/mol. The molecule has 0 aromatic carbocycles. The van der Waals surface area contributed by atoms with Crippen molar-refractivity contribution in [3.05, 3.63) is 0 Å². The van der Waals surface area contributed by atoms with E-state index >= 15 is 0 Å². The van der Waals surface area contributed by atoms with E-state index in [2.05, 4.69) is 27.1 Å². The summed E-state index contributed by atoms with van der Waals surface area (Å²) in [5, 5.41) is 3.31. The van der Waals surface area contributed by atoms with Crippen molar-refractivity contribution in [3.8, 4) is 0 Å². The zero-order valence-corrected chi connectivity index (χ0v) is 11.3. The lowest BCUT2D eigenvalue weighted by Gasteiger charge is -2.43. The van der Waals surface area contributed by atoms with Crippen molar-refractivity contribution >= 4 is 5.91 Å². The quantitative estimate of drug-likeness (QED) is 0.688. The third-order valence-corrected chi connectivity index (χ3v) is 4.64. The van der Waals surface area contributed by atoms with Crippen molar-refractivity contribution in [2.45, 2.75) is 12.5 Å². The Bertz CT molecular complexity index is 310. The molecular weight excluding hydrogens is 228 g/mol. The minimum Gasteiger partial charge on any atom is -0.340 e. The summed E-state index contributed by atoms with van der Waals surface area (Å²) in [4.78, 5) is 19.3. The van der Waals surface area contributed by atoms with Gasteiger partial charge in [-0.3, -0.25) is 9.69 Å². The highest BCUT2D eigenvalue weighted by Gasteiger charge is 2.33. The highest BCUT2D eigenvalue weighted by molar-refractivity contribution is 5.79. The van der Waals surface area contributed by atoms with Gasteiger partial charge in [-0.25, -0.2) is 0 Å². The normalized spacial score (nSPS) is 31.6. The fourth-order valence-corrected chi connectivity index (χ4v) is 3.23. The molecule has 3 rings (SSSR count). The first-order chi connectivity index (χ1) is 8.74. The molecule has 3 fully saturated rings. The lowest BCUT2D eigenvalue weighted by atomic mass is 10.1. The summed E-state index contributed by atoms with van der Waals surface area (Å²) in [6, 6.07) is 0.722. The summed E-state index contributed by atoms with van der Waals surface area (Å²) < 4.78 is 0. The number of carbonyl (C=O) groups excluding carboxylic acids is 1. The van der Waals surface area contributed by atoms with Crippen LogP contribution in [0.25, 0.3) is 0 Å². The summed E-state index contributed by atoms with van der Waals surface area (Å²) in [6.45, 7) is 8.24. The Hall–Kier alpha value is -0.650. The third-order valence-electron chi connectivity index (χ3n) is 4.64. The first-order valence-corrected chi connectivity index (χ1v) is 7.16. The lowest BCUT2D eigenvalue weighted by Crippen LogP contribution is -2.62. The Kier molecular flexibility index (Phi) is 3.54. The van der Waals surface area contributed by atoms with Gasteiger partial charge in [0.25, 0.3) is 0 Å². The molecule has 3 aliphatic rings. The average molecular weight is 252 g/mol. The van der Waals surface area contributed by atoms with E-state index < -0.39 is 0 Å². The number of hydrogen-bond acceptors (Lipinski definition) is 4. The van der Waals surface area contributed by atoms with Crippen LogP contribution in [0.15, 0.2) is 0 Å². The van der Waals surface area contributed by atoms with Gasteiger partial charge in [-0.2, -0.15) is 0 Å². The third kappa shape index (κ3) is 2.39. The molecule has 5 nitrogen and oxygen atoms in total. The Balaban J connectivity index is 1.48. The molecule has 18 heavy (non-hydrogen) atoms. The van der Waals surface area contributed by atoms with Crippen molar-refractivity contribution in [3.63, 3.8) is 0 Å². The maximum Gasteiger partial charge on any atom is 0.227 e. The van der Waals surface area contributed by atoms with E-state index in [1.54, 1.807) is 0 Å². The summed E-state index contributed by atoms with van der Waals surface area (Å²) in [5.74, 6) is 0.651. The fourth-order valence-electron chi connectivity index (χ4n) is 3.23. The van der Waals surface area contributed by atoms with Gasteiger partial charge in [-0.05, 0) is 20.0 Å². The molecule has 5 heteroatoms. The first-order valence-electron chi connectivity index (χ1n) is 7.16. The van der Waals surface area contributed by atoms with Crippen LogP contribution in [0.3, 0.4) is 0 Å². The second kappa shape index (κ2) is 5.15. The first kappa shape index (κ1) is 12.4. The van der Waals surface area contributed by atoms with E-state index in [0.29, 0.717) is 5.91 Å². The van der Waals surface area contributed by atoms with Crippen molar-refractivity contribution in [1.82, 2.24) is 20.0 Å². The Morgan fingerprint density at radius 1 is 1.11 bits per heavy atom.